The van der Waals surface area contributed by atoms with E-state index in [-0.39, 0.29) is 23.9 Å². The smallest absolute Gasteiger partial charge is 0.0936 e. The number of hydrogen-bond acceptors (Lipinski definition) is 6. The maximum atomic E-state index is 10.6. The van der Waals surface area contributed by atoms with Gasteiger partial charge in [0.05, 0.1) is 37.5 Å². The van der Waals surface area contributed by atoms with Crippen molar-refractivity contribution in [1.29, 1.82) is 0 Å². The molecule has 0 radical (unpaired) electrons. The van der Waals surface area contributed by atoms with E-state index < -0.39 is 12.2 Å². The summed E-state index contributed by atoms with van der Waals surface area (Å²) in [5.74, 6) is -0.110. The molecule has 0 aliphatic heterocycles. The Bertz CT molecular complexity index is 1910. The Hall–Kier alpha value is -5.44. The Balaban J connectivity index is 0.000000172. The maximum absolute atomic E-state index is 10.6. The zero-order valence-corrected chi connectivity index (χ0v) is 31.5. The lowest BCUT2D eigenvalue weighted by molar-refractivity contribution is -0.199. The molecule has 6 heteroatoms. The molecule has 56 heavy (non-hydrogen) atoms. The van der Waals surface area contributed by atoms with Gasteiger partial charge in [-0.15, -0.1) is 0 Å². The summed E-state index contributed by atoms with van der Waals surface area (Å²) in [7, 11) is 0. The number of benzene rings is 6. The molecule has 2 aliphatic rings. The van der Waals surface area contributed by atoms with Crippen LogP contribution in [0.15, 0.2) is 206 Å². The van der Waals surface area contributed by atoms with Crippen molar-refractivity contribution in [3.63, 3.8) is 0 Å². The molecule has 2 N–H and O–H groups in total. The third-order valence-electron chi connectivity index (χ3n) is 10.4. The van der Waals surface area contributed by atoms with Crippen molar-refractivity contribution in [3.8, 4) is 0 Å². The molecule has 0 heterocycles. The second-order valence-electron chi connectivity index (χ2n) is 14.2. The highest BCUT2D eigenvalue weighted by Crippen LogP contribution is 2.36. The van der Waals surface area contributed by atoms with Gasteiger partial charge in [0.15, 0.2) is 0 Å². The first-order chi connectivity index (χ1) is 27.6. The highest BCUT2D eigenvalue weighted by atomic mass is 16.7. The summed E-state index contributed by atoms with van der Waals surface area (Å²) in [6.07, 6.45) is 6.85. The van der Waals surface area contributed by atoms with Crippen molar-refractivity contribution >= 4 is 0 Å². The number of aliphatic hydroxyl groups is 2. The molecule has 0 bridgehead atoms. The highest BCUT2D eigenvalue weighted by molar-refractivity contribution is 5.32. The molecule has 0 spiro atoms. The van der Waals surface area contributed by atoms with Crippen molar-refractivity contribution < 1.29 is 19.9 Å². The number of hydrogen-bond donors (Lipinski definition) is 2. The lowest BCUT2D eigenvalue weighted by Crippen LogP contribution is -2.38. The van der Waals surface area contributed by atoms with Crippen LogP contribution in [-0.4, -0.2) is 44.6 Å². The first-order valence-corrected chi connectivity index (χ1v) is 19.4. The van der Waals surface area contributed by atoms with Crippen LogP contribution in [0, 0.1) is 0 Å². The van der Waals surface area contributed by atoms with Gasteiger partial charge in [0.2, 0.25) is 0 Å². The van der Waals surface area contributed by atoms with E-state index in [9.17, 15) is 10.2 Å². The van der Waals surface area contributed by atoms with Gasteiger partial charge in [0.25, 0.3) is 0 Å². The summed E-state index contributed by atoms with van der Waals surface area (Å²) >= 11 is 0. The second-order valence-corrected chi connectivity index (χ2v) is 14.2. The SMILES string of the molecule is O[C@H]1C=C[C@@H](N(Cc2ccccc2)OCc2ccccc2)[C@@H]1c1ccccc1.O[C@H]1C=C[C@@H](N(Cc2ccccc2)OCc2ccccc2)[C@@H]1c1ccccc1. The summed E-state index contributed by atoms with van der Waals surface area (Å²) in [5, 5.41) is 25.3. The van der Waals surface area contributed by atoms with Crippen LogP contribution in [0.25, 0.3) is 0 Å². The first-order valence-electron chi connectivity index (χ1n) is 19.4. The molecule has 284 valence electrons. The monoisotopic (exact) mass is 742 g/mol. The summed E-state index contributed by atoms with van der Waals surface area (Å²) in [4.78, 5) is 12.6. The van der Waals surface area contributed by atoms with Gasteiger partial charge < -0.3 is 10.2 Å². The summed E-state index contributed by atoms with van der Waals surface area (Å²) < 4.78 is 0. The number of nitrogens with zero attached hydrogens (tertiary/aromatic N) is 2. The lowest BCUT2D eigenvalue weighted by atomic mass is 9.91. The number of aliphatic hydroxyl groups excluding tert-OH is 2. The van der Waals surface area contributed by atoms with Gasteiger partial charge in [-0.25, -0.2) is 0 Å². The minimum Gasteiger partial charge on any atom is -0.388 e. The molecule has 0 amide bonds. The molecule has 0 saturated heterocycles. The molecule has 0 unspecified atom stereocenters. The minimum absolute atomic E-state index is 0.0404. The summed E-state index contributed by atoms with van der Waals surface area (Å²) in [6.45, 7) is 2.29. The van der Waals surface area contributed by atoms with E-state index in [1.54, 1.807) is 0 Å². The fourth-order valence-corrected chi connectivity index (χ4v) is 7.49. The topological polar surface area (TPSA) is 65.4 Å². The van der Waals surface area contributed by atoms with Crippen LogP contribution in [0.5, 0.6) is 0 Å². The lowest BCUT2D eigenvalue weighted by Gasteiger charge is -2.33. The van der Waals surface area contributed by atoms with Gasteiger partial charge in [-0.1, -0.05) is 206 Å². The second kappa shape index (κ2) is 19.9. The van der Waals surface area contributed by atoms with Crippen LogP contribution in [0.3, 0.4) is 0 Å². The standard InChI is InChI=1S/2C25H25NO2/c2*27-24-17-16-23(25(24)22-14-8-3-9-15-22)26(18-20-10-4-1-5-11-20)28-19-21-12-6-2-7-13-21/h2*1-17,23-25,27H,18-19H2/t2*23-,24+,25+/m11/s1. The maximum Gasteiger partial charge on any atom is 0.0936 e. The molecule has 0 saturated carbocycles. The van der Waals surface area contributed by atoms with E-state index in [1.807, 2.05) is 131 Å². The molecule has 2 aliphatic carbocycles. The zero-order valence-electron chi connectivity index (χ0n) is 31.5. The number of rotatable bonds is 14. The molecule has 6 nitrogen and oxygen atoms in total. The van der Waals surface area contributed by atoms with Crippen molar-refractivity contribution in [2.24, 2.45) is 0 Å². The Morgan fingerprint density at radius 3 is 0.964 bits per heavy atom. The molecule has 6 aromatic rings. The average Bonchev–Trinajstić information content (AvgIpc) is 3.85. The van der Waals surface area contributed by atoms with Crippen LogP contribution in [0.1, 0.15) is 45.2 Å². The molecule has 0 aromatic heterocycles. The van der Waals surface area contributed by atoms with Crippen LogP contribution in [0.4, 0.5) is 0 Å². The Morgan fingerprint density at radius 2 is 0.643 bits per heavy atom. The molecule has 0 fully saturated rings. The van der Waals surface area contributed by atoms with Crippen molar-refractivity contribution in [2.45, 2.75) is 62.4 Å². The normalized spacial score (nSPS) is 21.3. The van der Waals surface area contributed by atoms with E-state index in [4.69, 9.17) is 9.68 Å². The molecular formula is C50H50N2O4. The van der Waals surface area contributed by atoms with Gasteiger partial charge in [0, 0.05) is 24.9 Å². The fraction of sp³-hybridized carbons (Fsp3) is 0.200. The van der Waals surface area contributed by atoms with Crippen LogP contribution in [-0.2, 0) is 36.0 Å². The van der Waals surface area contributed by atoms with Gasteiger partial charge in [-0.3, -0.25) is 9.68 Å². The van der Waals surface area contributed by atoms with Gasteiger partial charge in [0.1, 0.15) is 0 Å². The first kappa shape index (κ1) is 38.8. The predicted octanol–water partition coefficient (Wildman–Crippen LogP) is 9.41. The quantitative estimate of drug-likeness (QED) is 0.0857. The molecule has 6 aromatic carbocycles. The van der Waals surface area contributed by atoms with E-state index >= 15 is 0 Å². The van der Waals surface area contributed by atoms with E-state index in [0.717, 1.165) is 22.3 Å². The number of hydroxylamine groups is 4. The van der Waals surface area contributed by atoms with Crippen molar-refractivity contribution in [3.05, 3.63) is 240 Å². The van der Waals surface area contributed by atoms with Crippen molar-refractivity contribution in [1.82, 2.24) is 10.1 Å². The van der Waals surface area contributed by atoms with E-state index in [2.05, 4.69) is 84.9 Å². The molecule has 8 rings (SSSR count). The Labute approximate surface area is 331 Å². The fourth-order valence-electron chi connectivity index (χ4n) is 7.49. The average molecular weight is 743 g/mol. The molecule has 6 atom stereocenters. The van der Waals surface area contributed by atoms with Crippen LogP contribution >= 0.6 is 0 Å². The Morgan fingerprint density at radius 1 is 0.357 bits per heavy atom. The molecular weight excluding hydrogens is 693 g/mol. The van der Waals surface area contributed by atoms with Gasteiger partial charge in [-0.05, 0) is 33.4 Å². The largest absolute Gasteiger partial charge is 0.388 e. The van der Waals surface area contributed by atoms with Crippen LogP contribution in [0.2, 0.25) is 0 Å². The predicted molar refractivity (Wildman–Crippen MR) is 223 cm³/mol. The zero-order chi connectivity index (χ0) is 38.4. The Kier molecular flexibility index (Phi) is 13.8. The van der Waals surface area contributed by atoms with Gasteiger partial charge in [-0.2, -0.15) is 10.1 Å². The van der Waals surface area contributed by atoms with E-state index in [0.29, 0.717) is 26.3 Å². The highest BCUT2D eigenvalue weighted by Gasteiger charge is 2.37. The van der Waals surface area contributed by atoms with E-state index in [1.165, 1.54) is 11.1 Å². The van der Waals surface area contributed by atoms with Gasteiger partial charge >= 0.3 is 0 Å². The third-order valence-corrected chi connectivity index (χ3v) is 10.4. The third kappa shape index (κ3) is 10.4. The summed E-state index contributed by atoms with van der Waals surface area (Å²) in [6, 6.07) is 61.3. The summed E-state index contributed by atoms with van der Waals surface area (Å²) in [5.41, 5.74) is 6.84. The van der Waals surface area contributed by atoms with Crippen LogP contribution < -0.4 is 0 Å². The van der Waals surface area contributed by atoms with Crippen molar-refractivity contribution in [2.75, 3.05) is 0 Å². The minimum atomic E-state index is -0.522.